The first-order valence-electron chi connectivity index (χ1n) is 5.51. The van der Waals surface area contributed by atoms with E-state index in [0.717, 1.165) is 11.3 Å². The highest BCUT2D eigenvalue weighted by Crippen LogP contribution is 2.35. The van der Waals surface area contributed by atoms with Gasteiger partial charge in [-0.25, -0.2) is 14.8 Å². The van der Waals surface area contributed by atoms with Crippen molar-refractivity contribution in [2.24, 2.45) is 0 Å². The number of ether oxygens (including phenoxy) is 1. The molecule has 0 aliphatic heterocycles. The van der Waals surface area contributed by atoms with Crippen molar-refractivity contribution < 1.29 is 27.1 Å². The van der Waals surface area contributed by atoms with Gasteiger partial charge in [-0.2, -0.15) is 13.2 Å². The van der Waals surface area contributed by atoms with Crippen molar-refractivity contribution in [3.63, 3.8) is 0 Å². The van der Waals surface area contributed by atoms with E-state index >= 15 is 0 Å². The first-order valence-corrected chi connectivity index (χ1v) is 6.32. The first kappa shape index (κ1) is 14.5. The van der Waals surface area contributed by atoms with Gasteiger partial charge in [-0.3, -0.25) is 0 Å². The predicted octanol–water partition coefficient (Wildman–Crippen LogP) is 3.30. The molecule has 0 amide bonds. The molecule has 5 nitrogen and oxygen atoms in total. The van der Waals surface area contributed by atoms with Crippen LogP contribution in [-0.2, 0) is 10.9 Å². The summed E-state index contributed by atoms with van der Waals surface area (Å²) in [5, 5.41) is 0.643. The van der Waals surface area contributed by atoms with Gasteiger partial charge in [0.1, 0.15) is 4.88 Å². The number of hydrogen-bond donors (Lipinski definition) is 0. The number of hydrogen-bond acceptors (Lipinski definition) is 6. The lowest BCUT2D eigenvalue weighted by molar-refractivity contribution is -0.141. The van der Waals surface area contributed by atoms with Gasteiger partial charge in [0.15, 0.2) is 5.69 Å². The molecule has 0 fully saturated rings. The van der Waals surface area contributed by atoms with E-state index in [4.69, 9.17) is 4.42 Å². The number of esters is 1. The van der Waals surface area contributed by atoms with Crippen LogP contribution in [0.2, 0.25) is 0 Å². The molecule has 0 unspecified atom stereocenters. The Bertz CT molecular complexity index is 633. The molecule has 0 saturated heterocycles. The Morgan fingerprint density at radius 2 is 2.20 bits per heavy atom. The summed E-state index contributed by atoms with van der Waals surface area (Å²) < 4.78 is 48.0. The quantitative estimate of drug-likeness (QED) is 0.814. The maximum absolute atomic E-state index is 12.8. The lowest BCUT2D eigenvalue weighted by Crippen LogP contribution is -2.14. The number of aromatic nitrogens is 2. The monoisotopic (exact) mass is 306 g/mol. The average Bonchev–Trinajstić information content (AvgIpc) is 2.94. The third-order valence-electron chi connectivity index (χ3n) is 2.19. The predicted molar refractivity (Wildman–Crippen MR) is 63.3 cm³/mol. The van der Waals surface area contributed by atoms with E-state index in [1.54, 1.807) is 6.92 Å². The van der Waals surface area contributed by atoms with E-state index < -0.39 is 23.6 Å². The van der Waals surface area contributed by atoms with Crippen LogP contribution in [0.4, 0.5) is 13.2 Å². The van der Waals surface area contributed by atoms with Crippen LogP contribution in [0.15, 0.2) is 10.6 Å². The molecular weight excluding hydrogens is 297 g/mol. The van der Waals surface area contributed by atoms with Crippen molar-refractivity contribution in [3.8, 4) is 10.8 Å². The highest BCUT2D eigenvalue weighted by molar-refractivity contribution is 7.14. The number of thiazole rings is 1. The van der Waals surface area contributed by atoms with Gasteiger partial charge in [-0.15, -0.1) is 11.3 Å². The lowest BCUT2D eigenvalue weighted by atomic mass is 10.3. The molecule has 2 rings (SSSR count). The van der Waals surface area contributed by atoms with Crippen molar-refractivity contribution in [1.82, 2.24) is 9.97 Å². The molecule has 0 aromatic carbocycles. The van der Waals surface area contributed by atoms with Crippen LogP contribution in [0.1, 0.15) is 28.2 Å². The molecule has 0 spiro atoms. The Morgan fingerprint density at radius 1 is 1.50 bits per heavy atom. The minimum absolute atomic E-state index is 0.0637. The number of carbonyl (C=O) groups is 1. The van der Waals surface area contributed by atoms with Crippen LogP contribution in [-0.4, -0.2) is 22.5 Å². The Balaban J connectivity index is 2.50. The number of carbonyl (C=O) groups excluding carboxylic acids is 1. The highest BCUT2D eigenvalue weighted by Gasteiger charge is 2.42. The van der Waals surface area contributed by atoms with Crippen LogP contribution >= 0.6 is 11.3 Å². The van der Waals surface area contributed by atoms with Gasteiger partial charge in [0.2, 0.25) is 11.7 Å². The summed E-state index contributed by atoms with van der Waals surface area (Å²) in [5.41, 5.74) is -1.39. The van der Waals surface area contributed by atoms with E-state index in [9.17, 15) is 18.0 Å². The summed E-state index contributed by atoms with van der Waals surface area (Å²) in [7, 11) is 0. The lowest BCUT2D eigenvalue weighted by Gasteiger charge is -2.03. The summed E-state index contributed by atoms with van der Waals surface area (Å²) in [6.07, 6.45) is -3.47. The third kappa shape index (κ3) is 2.82. The van der Waals surface area contributed by atoms with Gasteiger partial charge in [0, 0.05) is 0 Å². The van der Waals surface area contributed by atoms with E-state index in [2.05, 4.69) is 14.7 Å². The van der Waals surface area contributed by atoms with Crippen molar-refractivity contribution in [1.29, 1.82) is 0 Å². The Morgan fingerprint density at radius 3 is 2.70 bits per heavy atom. The molecule has 9 heteroatoms. The van der Waals surface area contributed by atoms with Gasteiger partial charge in [0.25, 0.3) is 0 Å². The molecule has 108 valence electrons. The molecule has 0 atom stereocenters. The minimum Gasteiger partial charge on any atom is -0.460 e. The van der Waals surface area contributed by atoms with Gasteiger partial charge in [-0.05, 0) is 13.8 Å². The average molecular weight is 306 g/mol. The fourth-order valence-corrected chi connectivity index (χ4v) is 2.12. The van der Waals surface area contributed by atoms with Gasteiger partial charge in [0.05, 0.1) is 17.8 Å². The minimum atomic E-state index is -4.80. The van der Waals surface area contributed by atoms with Gasteiger partial charge < -0.3 is 9.15 Å². The maximum Gasteiger partial charge on any atom is 0.437 e. The molecule has 0 aliphatic carbocycles. The number of rotatable bonds is 3. The Labute approximate surface area is 115 Å². The summed E-state index contributed by atoms with van der Waals surface area (Å²) in [5.74, 6) is -2.44. The van der Waals surface area contributed by atoms with E-state index in [0.29, 0.717) is 9.88 Å². The standard InChI is InChI=1S/C11H9F3N2O3S/c1-3-18-10(17)7-8(11(12,13)14)16-9(19-7)6-4-15-5(2)20-6/h4H,3H2,1-2H3. The topological polar surface area (TPSA) is 65.2 Å². The highest BCUT2D eigenvalue weighted by atomic mass is 32.1. The fraction of sp³-hybridized carbons (Fsp3) is 0.364. The molecular formula is C11H9F3N2O3S. The number of aryl methyl sites for hydroxylation is 1. The summed E-state index contributed by atoms with van der Waals surface area (Å²) >= 11 is 1.11. The second-order valence-electron chi connectivity index (χ2n) is 3.66. The van der Waals surface area contributed by atoms with Crippen molar-refractivity contribution in [2.75, 3.05) is 6.61 Å². The van der Waals surface area contributed by atoms with Gasteiger partial charge in [-0.1, -0.05) is 0 Å². The molecule has 0 radical (unpaired) electrons. The second-order valence-corrected chi connectivity index (χ2v) is 4.89. The van der Waals surface area contributed by atoms with Crippen LogP contribution in [0.3, 0.4) is 0 Å². The zero-order valence-electron chi connectivity index (χ0n) is 10.4. The van der Waals surface area contributed by atoms with Crippen LogP contribution in [0, 0.1) is 6.92 Å². The van der Waals surface area contributed by atoms with Crippen molar-refractivity contribution in [2.45, 2.75) is 20.0 Å². The van der Waals surface area contributed by atoms with Crippen LogP contribution in [0.5, 0.6) is 0 Å². The molecule has 2 heterocycles. The SMILES string of the molecule is CCOC(=O)c1oc(-c2cnc(C)s2)nc1C(F)(F)F. The molecule has 0 N–H and O–H groups in total. The van der Waals surface area contributed by atoms with E-state index in [1.165, 1.54) is 13.1 Å². The van der Waals surface area contributed by atoms with Crippen molar-refractivity contribution >= 4 is 17.3 Å². The van der Waals surface area contributed by atoms with Crippen LogP contribution < -0.4 is 0 Å². The van der Waals surface area contributed by atoms with Gasteiger partial charge >= 0.3 is 12.1 Å². The summed E-state index contributed by atoms with van der Waals surface area (Å²) in [6, 6.07) is 0. The van der Waals surface area contributed by atoms with Crippen molar-refractivity contribution in [3.05, 3.63) is 22.7 Å². The third-order valence-corrected chi connectivity index (χ3v) is 3.09. The summed E-state index contributed by atoms with van der Waals surface area (Å²) in [6.45, 7) is 3.11. The Hall–Kier alpha value is -1.90. The zero-order chi connectivity index (χ0) is 14.9. The smallest absolute Gasteiger partial charge is 0.437 e. The molecule has 2 aromatic heterocycles. The van der Waals surface area contributed by atoms with E-state index in [-0.39, 0.29) is 12.5 Å². The number of oxazole rings is 1. The molecule has 2 aromatic rings. The van der Waals surface area contributed by atoms with Crippen LogP contribution in [0.25, 0.3) is 10.8 Å². The Kier molecular flexibility index (Phi) is 3.80. The number of nitrogens with zero attached hydrogens (tertiary/aromatic N) is 2. The number of halogens is 3. The zero-order valence-corrected chi connectivity index (χ0v) is 11.3. The molecule has 0 aliphatic rings. The first-order chi connectivity index (χ1) is 9.32. The molecule has 20 heavy (non-hydrogen) atoms. The van der Waals surface area contributed by atoms with E-state index in [1.807, 2.05) is 0 Å². The fourth-order valence-electron chi connectivity index (χ4n) is 1.41. The molecule has 0 saturated carbocycles. The molecule has 0 bridgehead atoms. The normalized spacial score (nSPS) is 11.7. The maximum atomic E-state index is 12.8. The summed E-state index contributed by atoms with van der Waals surface area (Å²) in [4.78, 5) is 19.0. The number of alkyl halides is 3. The second kappa shape index (κ2) is 5.23. The largest absolute Gasteiger partial charge is 0.460 e.